The summed E-state index contributed by atoms with van der Waals surface area (Å²) in [5.41, 5.74) is 2.80. The Bertz CT molecular complexity index is 836. The quantitative estimate of drug-likeness (QED) is 0.870. The normalized spacial score (nSPS) is 22.4. The largest absolute Gasteiger partial charge is 0.348 e. The van der Waals surface area contributed by atoms with Gasteiger partial charge >= 0.3 is 0 Å². The van der Waals surface area contributed by atoms with Gasteiger partial charge in [-0.3, -0.25) is 4.79 Å². The highest BCUT2D eigenvalue weighted by Gasteiger charge is 2.28. The van der Waals surface area contributed by atoms with Gasteiger partial charge in [0.1, 0.15) is 6.17 Å². The van der Waals surface area contributed by atoms with Crippen molar-refractivity contribution < 1.29 is 18.0 Å². The number of hydrogen-bond acceptors (Lipinski definition) is 2. The van der Waals surface area contributed by atoms with Crippen LogP contribution in [0.5, 0.6) is 0 Å². The smallest absolute Gasteiger partial charge is 0.264 e. The number of nitrogens with one attached hydrogen (secondary N) is 2. The van der Waals surface area contributed by atoms with Gasteiger partial charge in [-0.1, -0.05) is 24.3 Å². The van der Waals surface area contributed by atoms with E-state index in [1.165, 1.54) is 6.07 Å². The van der Waals surface area contributed by atoms with E-state index in [1.54, 1.807) is 6.07 Å². The molecule has 2 N–H and O–H groups in total. The van der Waals surface area contributed by atoms with Crippen LogP contribution in [0.3, 0.4) is 0 Å². The number of alkyl halides is 3. The summed E-state index contributed by atoms with van der Waals surface area (Å²) in [6, 6.07) is 10.4. The highest BCUT2D eigenvalue weighted by molar-refractivity contribution is 6.00. The number of rotatable bonds is 3. The molecule has 136 valence electrons. The third kappa shape index (κ3) is 2.98. The second kappa shape index (κ2) is 6.76. The molecule has 0 aromatic heterocycles. The van der Waals surface area contributed by atoms with Crippen molar-refractivity contribution in [1.29, 1.82) is 0 Å². The molecule has 2 aromatic carbocycles. The fraction of sp³-hybridized carbons (Fsp3) is 0.350. The van der Waals surface area contributed by atoms with E-state index < -0.39 is 12.6 Å². The Morgan fingerprint density at radius 3 is 2.54 bits per heavy atom. The van der Waals surface area contributed by atoms with Crippen molar-refractivity contribution in [2.45, 2.75) is 31.5 Å². The van der Waals surface area contributed by atoms with Crippen molar-refractivity contribution in [2.75, 3.05) is 13.1 Å². The van der Waals surface area contributed by atoms with Gasteiger partial charge < -0.3 is 10.6 Å². The zero-order valence-electron chi connectivity index (χ0n) is 14.1. The molecule has 0 spiro atoms. The van der Waals surface area contributed by atoms with Gasteiger partial charge in [0, 0.05) is 30.1 Å². The maximum absolute atomic E-state index is 14.1. The fourth-order valence-electron chi connectivity index (χ4n) is 3.84. The SMILES string of the molecule is O=C1NCc2c1cc(-c1ccc([C@@H]3CCNC[C@H]3F)cc1)cc2C(F)F. The Hall–Kier alpha value is -2.34. The monoisotopic (exact) mass is 360 g/mol. The lowest BCUT2D eigenvalue weighted by Crippen LogP contribution is -2.36. The first-order chi connectivity index (χ1) is 12.5. The topological polar surface area (TPSA) is 41.1 Å². The number of halogens is 3. The van der Waals surface area contributed by atoms with Gasteiger partial charge in [0.05, 0.1) is 0 Å². The predicted molar refractivity (Wildman–Crippen MR) is 93.1 cm³/mol. The van der Waals surface area contributed by atoms with Crippen LogP contribution in [0.2, 0.25) is 0 Å². The molecule has 2 aliphatic rings. The summed E-state index contributed by atoms with van der Waals surface area (Å²) in [4.78, 5) is 11.9. The number of hydrogen-bond donors (Lipinski definition) is 2. The van der Waals surface area contributed by atoms with Crippen LogP contribution in [0, 0.1) is 0 Å². The molecule has 2 aliphatic heterocycles. The van der Waals surface area contributed by atoms with Crippen molar-refractivity contribution >= 4 is 5.91 Å². The average molecular weight is 360 g/mol. The summed E-state index contributed by atoms with van der Waals surface area (Å²) in [7, 11) is 0. The summed E-state index contributed by atoms with van der Waals surface area (Å²) in [5.74, 6) is -0.469. The minimum Gasteiger partial charge on any atom is -0.348 e. The first-order valence-electron chi connectivity index (χ1n) is 8.73. The molecule has 1 saturated heterocycles. The third-order valence-corrected chi connectivity index (χ3v) is 5.27. The summed E-state index contributed by atoms with van der Waals surface area (Å²) < 4.78 is 40.9. The zero-order chi connectivity index (χ0) is 18.3. The lowest BCUT2D eigenvalue weighted by Gasteiger charge is -2.27. The minimum absolute atomic E-state index is 0.109. The van der Waals surface area contributed by atoms with Crippen molar-refractivity contribution in [1.82, 2.24) is 10.6 Å². The van der Waals surface area contributed by atoms with E-state index in [-0.39, 0.29) is 23.9 Å². The molecule has 1 amide bonds. The van der Waals surface area contributed by atoms with E-state index in [0.29, 0.717) is 23.2 Å². The summed E-state index contributed by atoms with van der Waals surface area (Å²) in [6.07, 6.45) is -2.84. The van der Waals surface area contributed by atoms with Crippen LogP contribution in [0.25, 0.3) is 11.1 Å². The summed E-state index contributed by atoms with van der Waals surface area (Å²) in [5, 5.41) is 5.63. The molecule has 1 fully saturated rings. The fourth-order valence-corrected chi connectivity index (χ4v) is 3.84. The van der Waals surface area contributed by atoms with Gasteiger partial charge in [-0.25, -0.2) is 13.2 Å². The van der Waals surface area contributed by atoms with Gasteiger partial charge in [0.25, 0.3) is 12.3 Å². The number of carbonyl (C=O) groups excluding carboxylic acids is 1. The van der Waals surface area contributed by atoms with Crippen LogP contribution in [0.4, 0.5) is 13.2 Å². The van der Waals surface area contributed by atoms with E-state index in [2.05, 4.69) is 10.6 Å². The molecule has 2 atom stereocenters. The molecular formula is C20H19F3N2O. The Kier molecular flexibility index (Phi) is 4.44. The molecule has 6 heteroatoms. The maximum atomic E-state index is 14.1. The Morgan fingerprint density at radius 2 is 1.85 bits per heavy atom. The zero-order valence-corrected chi connectivity index (χ0v) is 14.1. The van der Waals surface area contributed by atoms with Crippen molar-refractivity contribution in [3.63, 3.8) is 0 Å². The Balaban J connectivity index is 1.69. The first-order valence-corrected chi connectivity index (χ1v) is 8.73. The van der Waals surface area contributed by atoms with Crippen LogP contribution in [-0.4, -0.2) is 25.2 Å². The number of benzene rings is 2. The standard InChI is InChI=1S/C20H19F3N2O/c21-18-10-24-6-5-14(18)12-3-1-11(2-4-12)13-7-15(19(22)23)17-9-25-20(26)16(17)8-13/h1-4,7-8,14,18-19,24H,5-6,9-10H2,(H,25,26)/t14-,18+/m0/s1. The number of fused-ring (bicyclic) bond motifs is 1. The van der Waals surface area contributed by atoms with E-state index >= 15 is 0 Å². The van der Waals surface area contributed by atoms with Gasteiger partial charge in [-0.15, -0.1) is 0 Å². The van der Waals surface area contributed by atoms with E-state index in [1.807, 2.05) is 24.3 Å². The van der Waals surface area contributed by atoms with Crippen molar-refractivity contribution in [3.8, 4) is 11.1 Å². The van der Waals surface area contributed by atoms with Gasteiger partial charge in [0.2, 0.25) is 0 Å². The molecule has 2 heterocycles. The molecule has 0 aliphatic carbocycles. The van der Waals surface area contributed by atoms with Crippen LogP contribution in [0.15, 0.2) is 36.4 Å². The Morgan fingerprint density at radius 1 is 1.08 bits per heavy atom. The van der Waals surface area contributed by atoms with E-state index in [0.717, 1.165) is 24.1 Å². The number of piperidine rings is 1. The second-order valence-corrected chi connectivity index (χ2v) is 6.81. The highest BCUT2D eigenvalue weighted by atomic mass is 19.3. The predicted octanol–water partition coefficient (Wildman–Crippen LogP) is 3.95. The minimum atomic E-state index is -2.64. The van der Waals surface area contributed by atoms with Crippen LogP contribution in [0.1, 0.15) is 45.8 Å². The molecule has 4 rings (SSSR count). The summed E-state index contributed by atoms with van der Waals surface area (Å²) in [6.45, 7) is 1.27. The molecule has 0 saturated carbocycles. The third-order valence-electron chi connectivity index (χ3n) is 5.27. The van der Waals surface area contributed by atoms with Crippen molar-refractivity contribution in [2.24, 2.45) is 0 Å². The number of amides is 1. The second-order valence-electron chi connectivity index (χ2n) is 6.81. The van der Waals surface area contributed by atoms with E-state index in [9.17, 15) is 18.0 Å². The van der Waals surface area contributed by atoms with Crippen LogP contribution < -0.4 is 10.6 Å². The van der Waals surface area contributed by atoms with Gasteiger partial charge in [0.15, 0.2) is 0 Å². The van der Waals surface area contributed by atoms with Gasteiger partial charge in [-0.2, -0.15) is 0 Å². The molecule has 0 radical (unpaired) electrons. The molecule has 2 aromatic rings. The molecular weight excluding hydrogens is 341 g/mol. The average Bonchev–Trinajstić information content (AvgIpc) is 3.02. The molecule has 0 bridgehead atoms. The van der Waals surface area contributed by atoms with Gasteiger partial charge in [-0.05, 0) is 47.4 Å². The summed E-state index contributed by atoms with van der Waals surface area (Å²) >= 11 is 0. The van der Waals surface area contributed by atoms with Crippen molar-refractivity contribution in [3.05, 3.63) is 58.7 Å². The lowest BCUT2D eigenvalue weighted by atomic mass is 9.87. The first kappa shape index (κ1) is 17.1. The van der Waals surface area contributed by atoms with E-state index in [4.69, 9.17) is 0 Å². The molecule has 3 nitrogen and oxygen atoms in total. The Labute approximate surface area is 149 Å². The molecule has 26 heavy (non-hydrogen) atoms. The lowest BCUT2D eigenvalue weighted by molar-refractivity contribution is 0.0965. The maximum Gasteiger partial charge on any atom is 0.264 e. The number of carbonyl (C=O) groups is 1. The molecule has 0 unspecified atom stereocenters. The highest BCUT2D eigenvalue weighted by Crippen LogP contribution is 2.35. The van der Waals surface area contributed by atoms with Crippen LogP contribution in [-0.2, 0) is 6.54 Å². The van der Waals surface area contributed by atoms with Crippen LogP contribution >= 0.6 is 0 Å².